The maximum absolute atomic E-state index is 13.9. The van der Waals surface area contributed by atoms with Gasteiger partial charge in [0, 0.05) is 55.1 Å². The number of nitrogens with zero attached hydrogens (tertiary/aromatic N) is 3. The summed E-state index contributed by atoms with van der Waals surface area (Å²) in [4.78, 5) is 37.2. The van der Waals surface area contributed by atoms with Crippen LogP contribution in [0.15, 0.2) is 54.7 Å². The minimum Gasteiger partial charge on any atom is -0.497 e. The fourth-order valence-corrected chi connectivity index (χ4v) is 6.27. The molecule has 1 N–H and O–H groups in total. The monoisotopic (exact) mass is 472 g/mol. The summed E-state index contributed by atoms with van der Waals surface area (Å²) in [5.41, 5.74) is 2.26. The Morgan fingerprint density at radius 1 is 1.14 bits per heavy atom. The molecule has 4 aliphatic rings. The summed E-state index contributed by atoms with van der Waals surface area (Å²) in [6.45, 7) is 4.92. The van der Waals surface area contributed by atoms with Crippen molar-refractivity contribution in [2.45, 2.75) is 37.8 Å². The molecule has 0 spiro atoms. The summed E-state index contributed by atoms with van der Waals surface area (Å²) < 4.78 is 5.50. The van der Waals surface area contributed by atoms with E-state index in [1.54, 1.807) is 7.11 Å². The molecule has 0 saturated carbocycles. The van der Waals surface area contributed by atoms with E-state index in [4.69, 9.17) is 4.74 Å². The molecule has 1 aromatic carbocycles. The van der Waals surface area contributed by atoms with Gasteiger partial charge in [0.2, 0.25) is 0 Å². The van der Waals surface area contributed by atoms with Crippen molar-refractivity contribution in [3.05, 3.63) is 65.9 Å². The van der Waals surface area contributed by atoms with Crippen molar-refractivity contribution >= 4 is 22.8 Å². The molecule has 3 atom stereocenters. The number of rotatable bonds is 5. The summed E-state index contributed by atoms with van der Waals surface area (Å²) in [6.07, 6.45) is 15.1. The average molecular weight is 473 g/mol. The van der Waals surface area contributed by atoms with Gasteiger partial charge in [0.15, 0.2) is 0 Å². The number of hydrogen-bond donors (Lipinski definition) is 1. The lowest BCUT2D eigenvalue weighted by molar-refractivity contribution is -0.133. The molecule has 1 aliphatic carbocycles. The van der Waals surface area contributed by atoms with Crippen molar-refractivity contribution in [1.29, 1.82) is 0 Å². The van der Waals surface area contributed by atoms with Crippen LogP contribution < -0.4 is 4.74 Å². The van der Waals surface area contributed by atoms with Crippen LogP contribution in [0.2, 0.25) is 0 Å². The number of allylic oxidation sites excluding steroid dienone is 3. The van der Waals surface area contributed by atoms with Crippen LogP contribution in [-0.4, -0.2) is 70.4 Å². The molecule has 0 bridgehead atoms. The number of H-pyrrole nitrogens is 1. The van der Waals surface area contributed by atoms with Crippen molar-refractivity contribution in [2.75, 3.05) is 33.3 Å². The Morgan fingerprint density at radius 3 is 2.77 bits per heavy atom. The average Bonchev–Trinajstić information content (AvgIpc) is 3.33. The van der Waals surface area contributed by atoms with Gasteiger partial charge in [0.1, 0.15) is 11.3 Å². The van der Waals surface area contributed by atoms with Crippen molar-refractivity contribution < 1.29 is 14.3 Å². The molecule has 1 fully saturated rings. The van der Waals surface area contributed by atoms with E-state index in [9.17, 15) is 9.59 Å². The topological polar surface area (TPSA) is 68.9 Å². The van der Waals surface area contributed by atoms with Gasteiger partial charge in [-0.25, -0.2) is 4.79 Å². The third kappa shape index (κ3) is 3.44. The van der Waals surface area contributed by atoms with E-state index in [2.05, 4.69) is 40.3 Å². The van der Waals surface area contributed by atoms with Crippen LogP contribution in [0.5, 0.6) is 5.75 Å². The molecule has 7 heteroatoms. The van der Waals surface area contributed by atoms with Crippen LogP contribution >= 0.6 is 0 Å². The molecule has 2 aromatic rings. The van der Waals surface area contributed by atoms with Gasteiger partial charge >= 0.3 is 6.03 Å². The molecule has 182 valence electrons. The predicted molar refractivity (Wildman–Crippen MR) is 135 cm³/mol. The van der Waals surface area contributed by atoms with Crippen LogP contribution in [0.3, 0.4) is 0 Å². The van der Waals surface area contributed by atoms with E-state index < -0.39 is 5.54 Å². The standard InChI is InChI=1S/C28H32N4O3/c1-28-18-22-21-17-20(35-2)11-12-23(21)29-24(22)25(19-9-5-3-6-10-19)32(28)27(34)31(26(28)33)16-15-30-13-7-4-8-14-30/h3-7,9,11-12,17,19,25,29H,8,10,13-16,18H2,1-2H3/t19?,25-,28+/m1/s1. The Balaban J connectivity index is 1.41. The van der Waals surface area contributed by atoms with Crippen LogP contribution in [-0.2, 0) is 11.2 Å². The second kappa shape index (κ2) is 8.41. The fraction of sp³-hybridized carbons (Fsp3) is 0.429. The van der Waals surface area contributed by atoms with Crippen LogP contribution in [0, 0.1) is 5.92 Å². The zero-order chi connectivity index (χ0) is 24.2. The normalized spacial score (nSPS) is 28.2. The quantitative estimate of drug-likeness (QED) is 0.523. The molecule has 4 heterocycles. The van der Waals surface area contributed by atoms with E-state index in [0.717, 1.165) is 53.8 Å². The van der Waals surface area contributed by atoms with Crippen molar-refractivity contribution in [3.8, 4) is 5.75 Å². The molecule has 6 rings (SSSR count). The number of imide groups is 1. The lowest BCUT2D eigenvalue weighted by atomic mass is 9.78. The number of amides is 3. The first-order valence-electron chi connectivity index (χ1n) is 12.6. The highest BCUT2D eigenvalue weighted by Gasteiger charge is 2.60. The van der Waals surface area contributed by atoms with Crippen LogP contribution in [0.1, 0.15) is 37.1 Å². The van der Waals surface area contributed by atoms with Gasteiger partial charge in [-0.2, -0.15) is 0 Å². The van der Waals surface area contributed by atoms with Crippen molar-refractivity contribution in [3.63, 3.8) is 0 Å². The summed E-state index contributed by atoms with van der Waals surface area (Å²) >= 11 is 0. The van der Waals surface area contributed by atoms with Crippen molar-refractivity contribution in [2.24, 2.45) is 5.92 Å². The second-order valence-corrected chi connectivity index (χ2v) is 10.2. The lowest BCUT2D eigenvalue weighted by Gasteiger charge is -2.45. The van der Waals surface area contributed by atoms with Gasteiger partial charge < -0.3 is 14.6 Å². The lowest BCUT2D eigenvalue weighted by Crippen LogP contribution is -2.54. The third-order valence-corrected chi connectivity index (χ3v) is 8.12. The Kier molecular flexibility index (Phi) is 5.33. The third-order valence-electron chi connectivity index (χ3n) is 8.12. The zero-order valence-corrected chi connectivity index (χ0v) is 20.4. The minimum absolute atomic E-state index is 0.0849. The summed E-state index contributed by atoms with van der Waals surface area (Å²) in [5.74, 6) is 0.797. The van der Waals surface area contributed by atoms with Gasteiger partial charge in [-0.05, 0) is 43.5 Å². The number of aromatic amines is 1. The second-order valence-electron chi connectivity index (χ2n) is 10.2. The number of hydrogen-bond acceptors (Lipinski definition) is 4. The van der Waals surface area contributed by atoms with E-state index in [1.807, 2.05) is 36.1 Å². The van der Waals surface area contributed by atoms with Gasteiger partial charge in [-0.3, -0.25) is 14.6 Å². The van der Waals surface area contributed by atoms with Crippen molar-refractivity contribution in [1.82, 2.24) is 19.7 Å². The molecule has 1 aromatic heterocycles. The summed E-state index contributed by atoms with van der Waals surface area (Å²) in [7, 11) is 1.67. The van der Waals surface area contributed by atoms with E-state index in [0.29, 0.717) is 19.5 Å². The molecule has 1 unspecified atom stereocenters. The number of nitrogens with one attached hydrogen (secondary N) is 1. The van der Waals surface area contributed by atoms with E-state index in [-0.39, 0.29) is 23.9 Å². The fourth-order valence-electron chi connectivity index (χ4n) is 6.27. The number of carbonyl (C=O) groups is 2. The van der Waals surface area contributed by atoms with Crippen LogP contribution in [0.25, 0.3) is 10.9 Å². The maximum Gasteiger partial charge on any atom is 0.328 e. The largest absolute Gasteiger partial charge is 0.497 e. The maximum atomic E-state index is 13.9. The molecule has 7 nitrogen and oxygen atoms in total. The number of benzene rings is 1. The first-order valence-corrected chi connectivity index (χ1v) is 12.6. The Labute approximate surface area is 205 Å². The smallest absolute Gasteiger partial charge is 0.328 e. The Bertz CT molecular complexity index is 1270. The zero-order valence-electron chi connectivity index (χ0n) is 20.4. The molecule has 35 heavy (non-hydrogen) atoms. The number of aromatic nitrogens is 1. The highest BCUT2D eigenvalue weighted by atomic mass is 16.5. The molecular formula is C28H32N4O3. The number of carbonyl (C=O) groups excluding carboxylic acids is 2. The number of urea groups is 1. The first-order chi connectivity index (χ1) is 17.0. The minimum atomic E-state index is -0.913. The van der Waals surface area contributed by atoms with Gasteiger partial charge in [0.05, 0.1) is 13.2 Å². The molecule has 3 amide bonds. The summed E-state index contributed by atoms with van der Waals surface area (Å²) in [5, 5.41) is 1.07. The Hall–Kier alpha value is -3.32. The highest BCUT2D eigenvalue weighted by Crippen LogP contribution is 2.50. The molecule has 0 radical (unpaired) electrons. The summed E-state index contributed by atoms with van der Waals surface area (Å²) in [6, 6.07) is 5.61. The number of fused-ring (bicyclic) bond motifs is 4. The molecular weight excluding hydrogens is 440 g/mol. The number of ether oxygens (including phenoxy) is 1. The van der Waals surface area contributed by atoms with Gasteiger partial charge in [0.25, 0.3) is 5.91 Å². The molecule has 3 aliphatic heterocycles. The highest BCUT2D eigenvalue weighted by molar-refractivity contribution is 6.08. The molecule has 1 saturated heterocycles. The van der Waals surface area contributed by atoms with E-state index >= 15 is 0 Å². The van der Waals surface area contributed by atoms with E-state index in [1.165, 1.54) is 4.90 Å². The SMILES string of the molecule is COc1ccc2[nH]c3c(c2c1)C[C@@]1(C)C(=O)N(CCN2CC=CCC2)C(=O)N1[C@@H]3C1C=CC=CC1. The number of methoxy groups -OCH3 is 1. The Morgan fingerprint density at radius 2 is 2.03 bits per heavy atom. The predicted octanol–water partition coefficient (Wildman–Crippen LogP) is 4.19. The van der Waals surface area contributed by atoms with Crippen LogP contribution in [0.4, 0.5) is 4.79 Å². The van der Waals surface area contributed by atoms with Gasteiger partial charge in [-0.15, -0.1) is 0 Å². The van der Waals surface area contributed by atoms with Gasteiger partial charge in [-0.1, -0.05) is 36.5 Å². The first kappa shape index (κ1) is 22.2.